The summed E-state index contributed by atoms with van der Waals surface area (Å²) in [6.07, 6.45) is 4.50. The van der Waals surface area contributed by atoms with E-state index in [0.29, 0.717) is 13.0 Å². The van der Waals surface area contributed by atoms with Gasteiger partial charge in [-0.3, -0.25) is 4.79 Å². The van der Waals surface area contributed by atoms with Gasteiger partial charge >= 0.3 is 0 Å². The van der Waals surface area contributed by atoms with Crippen molar-refractivity contribution < 1.29 is 9.53 Å². The zero-order valence-electron chi connectivity index (χ0n) is 11.9. The fourth-order valence-corrected chi connectivity index (χ4v) is 3.63. The average Bonchev–Trinajstić information content (AvgIpc) is 2.89. The number of rotatable bonds is 4. The van der Waals surface area contributed by atoms with Gasteiger partial charge in [-0.05, 0) is 29.4 Å². The number of fused-ring (bicyclic) bond motifs is 1. The number of carbonyl (C=O) groups is 1. The molecule has 0 amide bonds. The van der Waals surface area contributed by atoms with Gasteiger partial charge < -0.3 is 4.74 Å². The van der Waals surface area contributed by atoms with Crippen LogP contribution in [-0.4, -0.2) is 18.5 Å². The minimum Gasteiger partial charge on any atom is -0.370 e. The molecule has 0 bridgehead atoms. The highest BCUT2D eigenvalue weighted by Gasteiger charge is 2.49. The highest BCUT2D eigenvalue weighted by Crippen LogP contribution is 2.55. The van der Waals surface area contributed by atoms with Gasteiger partial charge in [0.2, 0.25) is 0 Å². The standard InChI is InChI=1S/C18H20O2/c1-3-11-20-15-9-10-18(2)12-14(19)16(17(15)18)13-7-5-4-6-8-13/h3-8,15H,1,9-12H2,2H3/t15?,18-/m0/s1. The maximum atomic E-state index is 12.5. The zero-order valence-corrected chi connectivity index (χ0v) is 11.9. The van der Waals surface area contributed by atoms with Crippen LogP contribution in [0.3, 0.4) is 0 Å². The Hall–Kier alpha value is -1.67. The Kier molecular flexibility index (Phi) is 3.35. The van der Waals surface area contributed by atoms with E-state index >= 15 is 0 Å². The van der Waals surface area contributed by atoms with Gasteiger partial charge in [-0.2, -0.15) is 0 Å². The zero-order chi connectivity index (χ0) is 14.2. The van der Waals surface area contributed by atoms with Gasteiger partial charge in [0.1, 0.15) is 0 Å². The van der Waals surface area contributed by atoms with Crippen LogP contribution in [0.1, 0.15) is 31.7 Å². The fourth-order valence-electron chi connectivity index (χ4n) is 3.63. The number of ether oxygens (including phenoxy) is 1. The Morgan fingerprint density at radius 1 is 1.40 bits per heavy atom. The van der Waals surface area contributed by atoms with Crippen LogP contribution >= 0.6 is 0 Å². The first-order chi connectivity index (χ1) is 9.65. The molecule has 0 aliphatic heterocycles. The topological polar surface area (TPSA) is 26.3 Å². The van der Waals surface area contributed by atoms with Crippen LogP contribution in [0.15, 0.2) is 48.6 Å². The van der Waals surface area contributed by atoms with Crippen molar-refractivity contribution in [2.75, 3.05) is 6.61 Å². The second-order valence-corrected chi connectivity index (χ2v) is 5.96. The molecule has 2 aliphatic carbocycles. The van der Waals surface area contributed by atoms with E-state index in [9.17, 15) is 4.79 Å². The van der Waals surface area contributed by atoms with Gasteiger partial charge in [0.25, 0.3) is 0 Å². The molecule has 0 N–H and O–H groups in total. The molecular formula is C18H20O2. The molecule has 1 unspecified atom stereocenters. The highest BCUT2D eigenvalue weighted by atomic mass is 16.5. The summed E-state index contributed by atoms with van der Waals surface area (Å²) in [6, 6.07) is 10.00. The van der Waals surface area contributed by atoms with Crippen LogP contribution in [0.4, 0.5) is 0 Å². The Balaban J connectivity index is 2.07. The Bertz CT molecular complexity index is 570. The van der Waals surface area contributed by atoms with E-state index in [-0.39, 0.29) is 17.3 Å². The monoisotopic (exact) mass is 268 g/mol. The SMILES string of the molecule is C=CCOC1CC[C@@]2(C)CC(=O)C(c3ccccc3)=C12. The van der Waals surface area contributed by atoms with Crippen LogP contribution in [0.25, 0.3) is 5.57 Å². The van der Waals surface area contributed by atoms with Gasteiger partial charge in [0, 0.05) is 12.0 Å². The summed E-state index contributed by atoms with van der Waals surface area (Å²) < 4.78 is 5.90. The first-order valence-corrected chi connectivity index (χ1v) is 7.21. The molecule has 0 aromatic heterocycles. The van der Waals surface area contributed by atoms with E-state index in [2.05, 4.69) is 13.5 Å². The lowest BCUT2D eigenvalue weighted by Gasteiger charge is -2.21. The third-order valence-electron chi connectivity index (χ3n) is 4.51. The molecule has 0 radical (unpaired) electrons. The van der Waals surface area contributed by atoms with E-state index in [1.807, 2.05) is 30.3 Å². The third kappa shape index (κ3) is 2.04. The predicted octanol–water partition coefficient (Wildman–Crippen LogP) is 3.78. The van der Waals surface area contributed by atoms with Crippen LogP contribution in [-0.2, 0) is 9.53 Å². The van der Waals surface area contributed by atoms with Crippen molar-refractivity contribution in [2.24, 2.45) is 5.41 Å². The minimum absolute atomic E-state index is 0.00586. The second-order valence-electron chi connectivity index (χ2n) is 5.96. The highest BCUT2D eigenvalue weighted by molar-refractivity contribution is 6.24. The number of allylic oxidation sites excluding steroid dienone is 1. The summed E-state index contributed by atoms with van der Waals surface area (Å²) in [4.78, 5) is 12.5. The molecule has 0 saturated heterocycles. The van der Waals surface area contributed by atoms with Crippen molar-refractivity contribution in [1.29, 1.82) is 0 Å². The maximum absolute atomic E-state index is 12.5. The maximum Gasteiger partial charge on any atom is 0.164 e. The summed E-state index contributed by atoms with van der Waals surface area (Å²) in [6.45, 7) is 6.45. The molecule has 3 rings (SSSR count). The Morgan fingerprint density at radius 3 is 2.85 bits per heavy atom. The summed E-state index contributed by atoms with van der Waals surface area (Å²) in [5.74, 6) is 0.264. The van der Waals surface area contributed by atoms with Crippen molar-refractivity contribution in [3.63, 3.8) is 0 Å². The first-order valence-electron chi connectivity index (χ1n) is 7.21. The molecule has 1 aromatic carbocycles. The molecule has 2 heteroatoms. The lowest BCUT2D eigenvalue weighted by atomic mass is 9.85. The third-order valence-corrected chi connectivity index (χ3v) is 4.51. The second kappa shape index (κ2) is 5.02. The number of benzene rings is 1. The average molecular weight is 268 g/mol. The Labute approximate surface area is 120 Å². The lowest BCUT2D eigenvalue weighted by molar-refractivity contribution is -0.114. The van der Waals surface area contributed by atoms with Gasteiger partial charge in [-0.25, -0.2) is 0 Å². The summed E-state index contributed by atoms with van der Waals surface area (Å²) in [7, 11) is 0. The largest absolute Gasteiger partial charge is 0.370 e. The number of Topliss-reactive ketones (excluding diaryl/α,β-unsaturated/α-hetero) is 1. The molecule has 1 fully saturated rings. The van der Waals surface area contributed by atoms with Crippen LogP contribution in [0.2, 0.25) is 0 Å². The summed E-state index contributed by atoms with van der Waals surface area (Å²) >= 11 is 0. The van der Waals surface area contributed by atoms with Crippen molar-refractivity contribution in [3.8, 4) is 0 Å². The van der Waals surface area contributed by atoms with E-state index in [1.165, 1.54) is 5.57 Å². The van der Waals surface area contributed by atoms with Gasteiger partial charge in [-0.15, -0.1) is 6.58 Å². The molecule has 0 spiro atoms. The molecule has 1 aromatic rings. The van der Waals surface area contributed by atoms with E-state index in [0.717, 1.165) is 24.0 Å². The number of carbonyl (C=O) groups excluding carboxylic acids is 1. The van der Waals surface area contributed by atoms with Crippen LogP contribution in [0.5, 0.6) is 0 Å². The minimum atomic E-state index is -0.00586. The molecule has 2 aliphatic rings. The summed E-state index contributed by atoms with van der Waals surface area (Å²) in [5.41, 5.74) is 3.15. The Morgan fingerprint density at radius 2 is 2.15 bits per heavy atom. The van der Waals surface area contributed by atoms with Crippen molar-refractivity contribution in [3.05, 3.63) is 54.1 Å². The molecule has 1 saturated carbocycles. The van der Waals surface area contributed by atoms with Crippen molar-refractivity contribution in [1.82, 2.24) is 0 Å². The summed E-state index contributed by atoms with van der Waals surface area (Å²) in [5, 5.41) is 0. The van der Waals surface area contributed by atoms with E-state index < -0.39 is 0 Å². The van der Waals surface area contributed by atoms with Gasteiger partial charge in [-0.1, -0.05) is 43.3 Å². The molecular weight excluding hydrogens is 248 g/mol. The number of hydrogen-bond donors (Lipinski definition) is 0. The predicted molar refractivity (Wildman–Crippen MR) is 80.3 cm³/mol. The normalized spacial score (nSPS) is 28.9. The number of hydrogen-bond acceptors (Lipinski definition) is 2. The fraction of sp³-hybridized carbons (Fsp3) is 0.389. The smallest absolute Gasteiger partial charge is 0.164 e. The van der Waals surface area contributed by atoms with Gasteiger partial charge in [0.05, 0.1) is 12.7 Å². The first kappa shape index (κ1) is 13.3. The quantitative estimate of drug-likeness (QED) is 0.777. The van der Waals surface area contributed by atoms with Crippen LogP contribution < -0.4 is 0 Å². The molecule has 0 heterocycles. The number of ketones is 1. The molecule has 104 valence electrons. The van der Waals surface area contributed by atoms with Crippen molar-refractivity contribution >= 4 is 11.4 Å². The molecule has 2 nitrogen and oxygen atoms in total. The van der Waals surface area contributed by atoms with E-state index in [4.69, 9.17) is 4.74 Å². The van der Waals surface area contributed by atoms with Crippen molar-refractivity contribution in [2.45, 2.75) is 32.3 Å². The van der Waals surface area contributed by atoms with Gasteiger partial charge in [0.15, 0.2) is 5.78 Å². The lowest BCUT2D eigenvalue weighted by Crippen LogP contribution is -2.17. The van der Waals surface area contributed by atoms with E-state index in [1.54, 1.807) is 6.08 Å². The molecule has 2 atom stereocenters. The molecule has 20 heavy (non-hydrogen) atoms. The van der Waals surface area contributed by atoms with Crippen LogP contribution in [0, 0.1) is 5.41 Å².